The molecule has 0 aliphatic carbocycles. The molecule has 2 N–H and O–H groups in total. The molecule has 0 aromatic rings. The van der Waals surface area contributed by atoms with Crippen LogP contribution in [0.3, 0.4) is 0 Å². The molecule has 1 amide bonds. The van der Waals surface area contributed by atoms with Crippen LogP contribution in [0, 0.1) is 0 Å². The molecular formula is C9H22N2O3. The van der Waals surface area contributed by atoms with Gasteiger partial charge in [0.1, 0.15) is 0 Å². The van der Waals surface area contributed by atoms with Crippen molar-refractivity contribution < 1.29 is 14.3 Å². The van der Waals surface area contributed by atoms with Crippen LogP contribution in [0.4, 0.5) is 0 Å². The van der Waals surface area contributed by atoms with E-state index >= 15 is 0 Å². The molecule has 0 unspecified atom stereocenters. The van der Waals surface area contributed by atoms with E-state index in [1.807, 2.05) is 0 Å². The minimum Gasteiger partial charge on any atom is -0.471 e. The molecule has 0 aromatic heterocycles. The maximum absolute atomic E-state index is 10.2. The monoisotopic (exact) mass is 206 g/mol. The smallest absolute Gasteiger partial charge is 0.292 e. The summed E-state index contributed by atoms with van der Waals surface area (Å²) < 4.78 is 3.86. The van der Waals surface area contributed by atoms with Crippen molar-refractivity contribution in [3.05, 3.63) is 0 Å². The van der Waals surface area contributed by atoms with Gasteiger partial charge >= 0.3 is 0 Å². The van der Waals surface area contributed by atoms with Gasteiger partial charge in [0, 0.05) is 7.05 Å². The molecule has 0 aromatic carbocycles. The van der Waals surface area contributed by atoms with E-state index in [1.165, 1.54) is 13.5 Å². The van der Waals surface area contributed by atoms with Gasteiger partial charge in [-0.2, -0.15) is 0 Å². The van der Waals surface area contributed by atoms with Gasteiger partial charge < -0.3 is 15.4 Å². The second-order valence-corrected chi connectivity index (χ2v) is 2.24. The minimum absolute atomic E-state index is 0.0162. The quantitative estimate of drug-likeness (QED) is 0.645. The summed E-state index contributed by atoms with van der Waals surface area (Å²) in [5.41, 5.74) is 0. The van der Waals surface area contributed by atoms with Crippen molar-refractivity contribution in [2.45, 2.75) is 20.3 Å². The third-order valence-corrected chi connectivity index (χ3v) is 0.712. The van der Waals surface area contributed by atoms with E-state index in [0.29, 0.717) is 13.0 Å². The fourth-order valence-corrected chi connectivity index (χ4v) is 0.249. The average Bonchev–Trinajstić information content (AvgIpc) is 2.20. The molecule has 0 bridgehead atoms. The molecule has 5 nitrogen and oxygen atoms in total. The van der Waals surface area contributed by atoms with Crippen molar-refractivity contribution >= 4 is 12.4 Å². The van der Waals surface area contributed by atoms with Gasteiger partial charge in [-0.1, -0.05) is 20.3 Å². The molecule has 0 heterocycles. The highest BCUT2D eigenvalue weighted by molar-refractivity contribution is 5.77. The van der Waals surface area contributed by atoms with E-state index in [2.05, 4.69) is 29.2 Å². The summed E-state index contributed by atoms with van der Waals surface area (Å²) in [6.45, 7) is 5.02. The van der Waals surface area contributed by atoms with E-state index in [0.717, 1.165) is 0 Å². The van der Waals surface area contributed by atoms with Gasteiger partial charge in [0.15, 0.2) is 0 Å². The molecule has 0 aliphatic rings. The molecule has 0 aliphatic heterocycles. The van der Waals surface area contributed by atoms with Gasteiger partial charge in [0.05, 0.1) is 13.7 Å². The Labute approximate surface area is 86.2 Å². The van der Waals surface area contributed by atoms with Gasteiger partial charge in [-0.15, -0.1) is 0 Å². The van der Waals surface area contributed by atoms with E-state index in [9.17, 15) is 4.79 Å². The highest BCUT2D eigenvalue weighted by atomic mass is 16.5. The lowest BCUT2D eigenvalue weighted by atomic mass is 10.6. The number of carbonyl (C=O) groups excluding carboxylic acids is 2. The summed E-state index contributed by atoms with van der Waals surface area (Å²) in [4.78, 5) is 19.2. The molecule has 86 valence electrons. The number of likely N-dealkylation sites (N-methyl/N-ethyl adjacent to an activating group) is 2. The Morgan fingerprint density at radius 3 is 1.79 bits per heavy atom. The summed E-state index contributed by atoms with van der Waals surface area (Å²) >= 11 is 0. The SMILES string of the molecule is CCC.CNCC(=O)NC.COC=O. The van der Waals surface area contributed by atoms with E-state index < -0.39 is 0 Å². The lowest BCUT2D eigenvalue weighted by Crippen LogP contribution is -2.28. The highest BCUT2D eigenvalue weighted by Crippen LogP contribution is 1.56. The second-order valence-electron chi connectivity index (χ2n) is 2.24. The number of nitrogens with one attached hydrogen (secondary N) is 2. The summed E-state index contributed by atoms with van der Waals surface area (Å²) in [5, 5.41) is 5.17. The predicted octanol–water partition coefficient (Wildman–Crippen LogP) is 0.157. The lowest BCUT2D eigenvalue weighted by Gasteiger charge is -1.93. The van der Waals surface area contributed by atoms with Crippen LogP contribution in [0.25, 0.3) is 0 Å². The molecule has 0 fully saturated rings. The first kappa shape index (κ1) is 18.6. The van der Waals surface area contributed by atoms with Crippen molar-refractivity contribution in [1.82, 2.24) is 10.6 Å². The van der Waals surface area contributed by atoms with Crippen LogP contribution in [0.2, 0.25) is 0 Å². The Balaban J connectivity index is -0.000000147. The third-order valence-electron chi connectivity index (χ3n) is 0.712. The predicted molar refractivity (Wildman–Crippen MR) is 57.0 cm³/mol. The molecular weight excluding hydrogens is 184 g/mol. The summed E-state index contributed by atoms with van der Waals surface area (Å²) in [6.07, 6.45) is 1.25. The number of rotatable bonds is 3. The Morgan fingerprint density at radius 2 is 1.71 bits per heavy atom. The minimum atomic E-state index is 0.0162. The van der Waals surface area contributed by atoms with Gasteiger partial charge in [-0.05, 0) is 7.05 Å². The van der Waals surface area contributed by atoms with Crippen molar-refractivity contribution in [3.8, 4) is 0 Å². The van der Waals surface area contributed by atoms with E-state index in [1.54, 1.807) is 14.1 Å². The Bertz CT molecular complexity index is 119. The number of carbonyl (C=O) groups is 2. The summed E-state index contributed by atoms with van der Waals surface area (Å²) in [7, 11) is 4.65. The number of amides is 1. The third kappa shape index (κ3) is 44.5. The first-order valence-electron chi connectivity index (χ1n) is 4.46. The second kappa shape index (κ2) is 22.7. The van der Waals surface area contributed by atoms with Crippen molar-refractivity contribution in [1.29, 1.82) is 0 Å². The van der Waals surface area contributed by atoms with Gasteiger partial charge in [-0.3, -0.25) is 9.59 Å². The Morgan fingerprint density at radius 1 is 1.36 bits per heavy atom. The molecule has 0 saturated carbocycles. The number of methoxy groups -OCH3 is 1. The molecule has 0 atom stereocenters. The standard InChI is InChI=1S/C4H10N2O.C3H8.C2H4O2/c1-5-3-4(7)6-2;1-3-2;1-4-2-3/h5H,3H2,1-2H3,(H,6,7);3H2,1-2H3;2H,1H3. The van der Waals surface area contributed by atoms with Crippen LogP contribution >= 0.6 is 0 Å². The topological polar surface area (TPSA) is 67.4 Å². The fraction of sp³-hybridized carbons (Fsp3) is 0.778. The maximum atomic E-state index is 10.2. The van der Waals surface area contributed by atoms with Crippen molar-refractivity contribution in [3.63, 3.8) is 0 Å². The zero-order valence-electron chi connectivity index (χ0n) is 9.72. The first-order chi connectivity index (χ1) is 6.64. The van der Waals surface area contributed by atoms with Crippen LogP contribution in [-0.2, 0) is 14.3 Å². The van der Waals surface area contributed by atoms with Gasteiger partial charge in [-0.25, -0.2) is 0 Å². The molecule has 0 radical (unpaired) electrons. The zero-order chi connectivity index (χ0) is 11.8. The largest absolute Gasteiger partial charge is 0.471 e. The Hall–Kier alpha value is -1.10. The number of hydrogen-bond donors (Lipinski definition) is 2. The average molecular weight is 206 g/mol. The summed E-state index contributed by atoms with van der Waals surface area (Å²) in [5.74, 6) is 0.0162. The molecule has 0 saturated heterocycles. The van der Waals surface area contributed by atoms with Crippen molar-refractivity contribution in [2.75, 3.05) is 27.7 Å². The zero-order valence-corrected chi connectivity index (χ0v) is 9.72. The molecule has 0 spiro atoms. The van der Waals surface area contributed by atoms with Crippen LogP contribution < -0.4 is 10.6 Å². The van der Waals surface area contributed by atoms with Crippen LogP contribution in [-0.4, -0.2) is 40.1 Å². The molecule has 0 rings (SSSR count). The van der Waals surface area contributed by atoms with E-state index in [-0.39, 0.29) is 5.91 Å². The normalized spacial score (nSPS) is 6.93. The number of hydrogen-bond acceptors (Lipinski definition) is 4. The summed E-state index contributed by atoms with van der Waals surface area (Å²) in [6, 6.07) is 0. The fourth-order valence-electron chi connectivity index (χ4n) is 0.249. The van der Waals surface area contributed by atoms with Crippen LogP contribution in [0.5, 0.6) is 0 Å². The van der Waals surface area contributed by atoms with Crippen LogP contribution in [0.1, 0.15) is 20.3 Å². The van der Waals surface area contributed by atoms with Gasteiger partial charge in [0.2, 0.25) is 5.91 Å². The lowest BCUT2D eigenvalue weighted by molar-refractivity contribution is -0.126. The highest BCUT2D eigenvalue weighted by Gasteiger charge is 1.88. The van der Waals surface area contributed by atoms with Crippen molar-refractivity contribution in [2.24, 2.45) is 0 Å². The Kier molecular flexibility index (Phi) is 30.2. The first-order valence-corrected chi connectivity index (χ1v) is 4.46. The molecule has 5 heteroatoms. The van der Waals surface area contributed by atoms with Crippen LogP contribution in [0.15, 0.2) is 0 Å². The molecule has 14 heavy (non-hydrogen) atoms. The number of ether oxygens (including phenoxy) is 1. The maximum Gasteiger partial charge on any atom is 0.292 e. The van der Waals surface area contributed by atoms with Gasteiger partial charge in [0.25, 0.3) is 6.47 Å². The van der Waals surface area contributed by atoms with E-state index in [4.69, 9.17) is 4.79 Å².